The van der Waals surface area contributed by atoms with Crippen LogP contribution < -0.4 is 4.90 Å². The van der Waals surface area contributed by atoms with E-state index in [2.05, 4.69) is 30.0 Å². The predicted molar refractivity (Wildman–Crippen MR) is 73.8 cm³/mol. The Balaban J connectivity index is 2.19. The van der Waals surface area contributed by atoms with E-state index in [9.17, 15) is 4.79 Å². The third kappa shape index (κ3) is 3.00. The van der Waals surface area contributed by atoms with Crippen LogP contribution in [0.25, 0.3) is 6.08 Å². The van der Waals surface area contributed by atoms with Crippen molar-refractivity contribution in [2.75, 3.05) is 18.0 Å². The normalized spacial score (nSPS) is 15.3. The Morgan fingerprint density at radius 3 is 2.83 bits per heavy atom. The average Bonchev–Trinajstić information content (AvgIpc) is 2.37. The van der Waals surface area contributed by atoms with E-state index in [4.69, 9.17) is 5.11 Å². The minimum absolute atomic E-state index is 0.919. The van der Waals surface area contributed by atoms with Gasteiger partial charge in [0.2, 0.25) is 0 Å². The third-order valence-corrected chi connectivity index (χ3v) is 3.04. The number of benzene rings is 1. The van der Waals surface area contributed by atoms with Crippen LogP contribution in [0, 0.1) is 6.92 Å². The van der Waals surface area contributed by atoms with E-state index in [0.717, 1.165) is 31.1 Å². The van der Waals surface area contributed by atoms with Crippen LogP contribution in [0.5, 0.6) is 0 Å². The minimum Gasteiger partial charge on any atom is -0.478 e. The quantitative estimate of drug-likeness (QED) is 0.655. The van der Waals surface area contributed by atoms with Gasteiger partial charge < -0.3 is 10.0 Å². The standard InChI is InChI=1S/C15H17NO2/c1-12-11-13(6-8-15(17)18)5-7-14(12)16-9-3-2-4-10-16/h2-3,5-8,11H,4,9-10H2,1H3,(H,17,18)/b8-6+. The van der Waals surface area contributed by atoms with Crippen molar-refractivity contribution in [3.8, 4) is 0 Å². The lowest BCUT2D eigenvalue weighted by molar-refractivity contribution is -0.131. The molecule has 0 spiro atoms. The van der Waals surface area contributed by atoms with Gasteiger partial charge in [-0.3, -0.25) is 0 Å². The highest BCUT2D eigenvalue weighted by molar-refractivity contribution is 5.85. The number of anilines is 1. The molecule has 3 nitrogen and oxygen atoms in total. The van der Waals surface area contributed by atoms with Gasteiger partial charge in [0, 0.05) is 24.9 Å². The van der Waals surface area contributed by atoms with Crippen molar-refractivity contribution in [3.63, 3.8) is 0 Å². The number of nitrogens with zero attached hydrogens (tertiary/aromatic N) is 1. The fraction of sp³-hybridized carbons (Fsp3) is 0.267. The van der Waals surface area contributed by atoms with Gasteiger partial charge in [0.15, 0.2) is 0 Å². The fourth-order valence-corrected chi connectivity index (χ4v) is 2.16. The summed E-state index contributed by atoms with van der Waals surface area (Å²) >= 11 is 0. The summed E-state index contributed by atoms with van der Waals surface area (Å²) in [5, 5.41) is 8.60. The van der Waals surface area contributed by atoms with Crippen molar-refractivity contribution in [3.05, 3.63) is 47.6 Å². The highest BCUT2D eigenvalue weighted by Crippen LogP contribution is 2.23. The Morgan fingerprint density at radius 2 is 2.22 bits per heavy atom. The van der Waals surface area contributed by atoms with E-state index in [1.807, 2.05) is 12.1 Å². The van der Waals surface area contributed by atoms with E-state index in [-0.39, 0.29) is 0 Å². The molecule has 0 bridgehead atoms. The van der Waals surface area contributed by atoms with E-state index in [1.54, 1.807) is 6.08 Å². The Hall–Kier alpha value is -2.03. The van der Waals surface area contributed by atoms with Crippen LogP contribution in [0.3, 0.4) is 0 Å². The molecule has 0 saturated heterocycles. The summed E-state index contributed by atoms with van der Waals surface area (Å²) in [6.45, 7) is 4.05. The van der Waals surface area contributed by atoms with E-state index in [0.29, 0.717) is 0 Å². The lowest BCUT2D eigenvalue weighted by Gasteiger charge is -2.27. The van der Waals surface area contributed by atoms with Gasteiger partial charge in [-0.2, -0.15) is 0 Å². The average molecular weight is 243 g/mol. The van der Waals surface area contributed by atoms with E-state index >= 15 is 0 Å². The first-order valence-corrected chi connectivity index (χ1v) is 6.08. The van der Waals surface area contributed by atoms with Crippen molar-refractivity contribution < 1.29 is 9.90 Å². The second-order valence-corrected chi connectivity index (χ2v) is 4.42. The molecule has 0 atom stereocenters. The molecule has 0 aromatic heterocycles. The lowest BCUT2D eigenvalue weighted by atomic mass is 10.1. The molecule has 0 amide bonds. The number of hydrogen-bond acceptors (Lipinski definition) is 2. The van der Waals surface area contributed by atoms with Gasteiger partial charge >= 0.3 is 5.97 Å². The molecule has 0 aliphatic carbocycles. The molecule has 1 aromatic rings. The maximum Gasteiger partial charge on any atom is 0.328 e. The molecule has 0 saturated carbocycles. The number of rotatable bonds is 3. The number of carboxylic acid groups (broad SMARTS) is 1. The molecule has 1 heterocycles. The fourth-order valence-electron chi connectivity index (χ4n) is 2.16. The highest BCUT2D eigenvalue weighted by Gasteiger charge is 2.09. The van der Waals surface area contributed by atoms with Gasteiger partial charge in [0.05, 0.1) is 0 Å². The van der Waals surface area contributed by atoms with E-state index < -0.39 is 5.97 Å². The van der Waals surface area contributed by atoms with Crippen LogP contribution in [0.15, 0.2) is 36.4 Å². The Bertz CT molecular complexity index is 503. The number of aliphatic carboxylic acids is 1. The lowest BCUT2D eigenvalue weighted by Crippen LogP contribution is -2.27. The van der Waals surface area contributed by atoms with Crippen molar-refractivity contribution in [1.29, 1.82) is 0 Å². The monoisotopic (exact) mass is 243 g/mol. The first kappa shape index (κ1) is 12.4. The summed E-state index contributed by atoms with van der Waals surface area (Å²) in [6, 6.07) is 6.04. The largest absolute Gasteiger partial charge is 0.478 e. The summed E-state index contributed by atoms with van der Waals surface area (Å²) in [7, 11) is 0. The molecule has 94 valence electrons. The second-order valence-electron chi connectivity index (χ2n) is 4.42. The van der Waals surface area contributed by atoms with Gasteiger partial charge in [-0.05, 0) is 42.7 Å². The Kier molecular flexibility index (Phi) is 3.82. The van der Waals surface area contributed by atoms with Gasteiger partial charge in [-0.15, -0.1) is 0 Å². The molecule has 1 N–H and O–H groups in total. The van der Waals surface area contributed by atoms with E-state index in [1.165, 1.54) is 11.3 Å². The Labute approximate surface area is 107 Å². The van der Waals surface area contributed by atoms with Crippen molar-refractivity contribution in [2.24, 2.45) is 0 Å². The molecule has 1 aromatic carbocycles. The summed E-state index contributed by atoms with van der Waals surface area (Å²) in [5.74, 6) is -0.919. The molecular formula is C15H17NO2. The predicted octanol–water partition coefficient (Wildman–Crippen LogP) is 2.86. The van der Waals surface area contributed by atoms with Gasteiger partial charge in [0.1, 0.15) is 0 Å². The van der Waals surface area contributed by atoms with Gasteiger partial charge in [-0.1, -0.05) is 18.2 Å². The van der Waals surface area contributed by atoms with Crippen LogP contribution in [-0.2, 0) is 4.79 Å². The first-order valence-electron chi connectivity index (χ1n) is 6.08. The second kappa shape index (κ2) is 5.54. The summed E-state index contributed by atoms with van der Waals surface area (Å²) < 4.78 is 0. The van der Waals surface area contributed by atoms with Gasteiger partial charge in [0.25, 0.3) is 0 Å². The zero-order chi connectivity index (χ0) is 13.0. The molecule has 0 radical (unpaired) electrons. The number of hydrogen-bond donors (Lipinski definition) is 1. The summed E-state index contributed by atoms with van der Waals surface area (Å²) in [5.41, 5.74) is 3.33. The first-order chi connectivity index (χ1) is 8.66. The summed E-state index contributed by atoms with van der Waals surface area (Å²) in [6.07, 6.45) is 8.25. The summed E-state index contributed by atoms with van der Waals surface area (Å²) in [4.78, 5) is 12.8. The molecule has 0 unspecified atom stereocenters. The molecule has 3 heteroatoms. The topological polar surface area (TPSA) is 40.5 Å². The zero-order valence-corrected chi connectivity index (χ0v) is 10.5. The van der Waals surface area contributed by atoms with Crippen molar-refractivity contribution in [2.45, 2.75) is 13.3 Å². The zero-order valence-electron chi connectivity index (χ0n) is 10.5. The number of aryl methyl sites for hydroxylation is 1. The molecule has 0 fully saturated rings. The molecule has 18 heavy (non-hydrogen) atoms. The molecule has 1 aliphatic rings. The highest BCUT2D eigenvalue weighted by atomic mass is 16.4. The van der Waals surface area contributed by atoms with Crippen molar-refractivity contribution in [1.82, 2.24) is 0 Å². The number of carboxylic acids is 1. The van der Waals surface area contributed by atoms with Crippen LogP contribution in [0.2, 0.25) is 0 Å². The van der Waals surface area contributed by atoms with Crippen molar-refractivity contribution >= 4 is 17.7 Å². The number of carbonyl (C=O) groups is 1. The molecular weight excluding hydrogens is 226 g/mol. The maximum absolute atomic E-state index is 10.5. The SMILES string of the molecule is Cc1cc(/C=C/C(=O)O)ccc1N1CC=CCC1. The third-order valence-electron chi connectivity index (χ3n) is 3.04. The smallest absolute Gasteiger partial charge is 0.328 e. The van der Waals surface area contributed by atoms with Crippen LogP contribution >= 0.6 is 0 Å². The van der Waals surface area contributed by atoms with Gasteiger partial charge in [-0.25, -0.2) is 4.79 Å². The molecule has 1 aliphatic heterocycles. The maximum atomic E-state index is 10.5. The Morgan fingerprint density at radius 1 is 1.39 bits per heavy atom. The molecule has 2 rings (SSSR count). The van der Waals surface area contributed by atoms with Crippen LogP contribution in [-0.4, -0.2) is 24.2 Å². The minimum atomic E-state index is -0.919. The van der Waals surface area contributed by atoms with Crippen LogP contribution in [0.1, 0.15) is 17.5 Å². The van der Waals surface area contributed by atoms with Crippen LogP contribution in [0.4, 0.5) is 5.69 Å².